The summed E-state index contributed by atoms with van der Waals surface area (Å²) in [6.07, 6.45) is -3.41. The molecule has 3 aromatic rings. The standard InChI is InChI=1S/C23H20ClF3N2O3/c1-32-21-15(4-2-5-16(21)24)20(13-8-9-13)22(31,23(25,26)27)12-28-17-6-3-7-18-14(17)10-11-19(30)29-18/h2-7,10-13,20,31H,8-9H2,1H3,(H,29,30). The zero-order valence-electron chi connectivity index (χ0n) is 17.0. The molecule has 1 aliphatic rings. The number of hydrogen-bond donors (Lipinski definition) is 2. The second-order valence-electron chi connectivity index (χ2n) is 7.82. The Bertz CT molecular complexity index is 1240. The molecule has 0 radical (unpaired) electrons. The van der Waals surface area contributed by atoms with E-state index in [9.17, 15) is 23.1 Å². The Morgan fingerprint density at radius 1 is 1.19 bits per heavy atom. The maximum Gasteiger partial charge on any atom is 0.423 e. The summed E-state index contributed by atoms with van der Waals surface area (Å²) in [6, 6.07) is 12.0. The number of H-pyrrole nitrogens is 1. The van der Waals surface area contributed by atoms with Gasteiger partial charge in [0.15, 0.2) is 0 Å². The van der Waals surface area contributed by atoms with Crippen LogP contribution in [0.1, 0.15) is 24.3 Å². The van der Waals surface area contributed by atoms with E-state index < -0.39 is 23.6 Å². The number of benzene rings is 2. The first-order valence-corrected chi connectivity index (χ1v) is 10.3. The molecule has 0 amide bonds. The van der Waals surface area contributed by atoms with E-state index in [1.165, 1.54) is 43.5 Å². The monoisotopic (exact) mass is 464 g/mol. The van der Waals surface area contributed by atoms with Gasteiger partial charge in [-0.2, -0.15) is 13.2 Å². The molecule has 2 N–H and O–H groups in total. The maximum absolute atomic E-state index is 14.4. The molecule has 1 saturated carbocycles. The van der Waals surface area contributed by atoms with Gasteiger partial charge in [0.25, 0.3) is 0 Å². The van der Waals surface area contributed by atoms with E-state index >= 15 is 0 Å². The number of nitrogens with one attached hydrogen (secondary N) is 1. The average Bonchev–Trinajstić information content (AvgIpc) is 3.56. The first-order chi connectivity index (χ1) is 15.2. The number of aromatic amines is 1. The molecule has 2 aromatic carbocycles. The van der Waals surface area contributed by atoms with Crippen molar-refractivity contribution in [1.29, 1.82) is 0 Å². The van der Waals surface area contributed by atoms with Gasteiger partial charge in [-0.25, -0.2) is 0 Å². The smallest absolute Gasteiger partial charge is 0.423 e. The van der Waals surface area contributed by atoms with Gasteiger partial charge in [0.1, 0.15) is 5.75 Å². The second-order valence-corrected chi connectivity index (χ2v) is 8.23. The number of halogens is 4. The Morgan fingerprint density at radius 2 is 1.91 bits per heavy atom. The number of ether oxygens (including phenoxy) is 1. The SMILES string of the molecule is COc1c(Cl)cccc1C(C1CC1)C(O)(C=Nc1cccc2[nH]c(=O)ccc12)C(F)(F)F. The van der Waals surface area contributed by atoms with Crippen molar-refractivity contribution in [2.75, 3.05) is 7.11 Å². The lowest BCUT2D eigenvalue weighted by Crippen LogP contribution is -2.52. The minimum atomic E-state index is -5.02. The van der Waals surface area contributed by atoms with E-state index in [0.717, 1.165) is 0 Å². The lowest BCUT2D eigenvalue weighted by atomic mass is 9.78. The van der Waals surface area contributed by atoms with E-state index in [1.807, 2.05) is 0 Å². The van der Waals surface area contributed by atoms with Gasteiger partial charge in [-0.15, -0.1) is 0 Å². The quantitative estimate of drug-likeness (QED) is 0.481. The van der Waals surface area contributed by atoms with Gasteiger partial charge in [0, 0.05) is 29.1 Å². The number of para-hydroxylation sites is 1. The Labute approximate surface area is 186 Å². The van der Waals surface area contributed by atoms with E-state index in [4.69, 9.17) is 16.3 Å². The summed E-state index contributed by atoms with van der Waals surface area (Å²) < 4.78 is 48.4. The number of hydrogen-bond acceptors (Lipinski definition) is 4. The van der Waals surface area contributed by atoms with Crippen molar-refractivity contribution in [1.82, 2.24) is 4.98 Å². The molecule has 32 heavy (non-hydrogen) atoms. The number of alkyl halides is 3. The van der Waals surface area contributed by atoms with E-state index in [0.29, 0.717) is 30.0 Å². The molecule has 0 spiro atoms. The Kier molecular flexibility index (Phi) is 5.77. The Hall–Kier alpha value is -2.84. The fourth-order valence-corrected chi connectivity index (χ4v) is 4.31. The number of rotatable bonds is 6. The molecular formula is C23H20ClF3N2O3. The van der Waals surface area contributed by atoms with Crippen LogP contribution in [-0.4, -0.2) is 35.2 Å². The Morgan fingerprint density at radius 3 is 2.56 bits per heavy atom. The van der Waals surface area contributed by atoms with Crippen LogP contribution in [0.3, 0.4) is 0 Å². The molecule has 168 valence electrons. The van der Waals surface area contributed by atoms with Crippen LogP contribution in [0.2, 0.25) is 5.02 Å². The summed E-state index contributed by atoms with van der Waals surface area (Å²) in [7, 11) is 1.33. The van der Waals surface area contributed by atoms with Gasteiger partial charge in [-0.3, -0.25) is 9.79 Å². The predicted octanol–water partition coefficient (Wildman–Crippen LogP) is 5.38. The predicted molar refractivity (Wildman–Crippen MR) is 117 cm³/mol. The van der Waals surface area contributed by atoms with Gasteiger partial charge in [-0.1, -0.05) is 29.8 Å². The summed E-state index contributed by atoms with van der Waals surface area (Å²) in [6.45, 7) is 0. The molecular weight excluding hydrogens is 445 g/mol. The van der Waals surface area contributed by atoms with Gasteiger partial charge in [-0.05, 0) is 43.0 Å². The molecule has 0 bridgehead atoms. The number of pyridine rings is 1. The summed E-state index contributed by atoms with van der Waals surface area (Å²) >= 11 is 6.16. The third-order valence-corrected chi connectivity index (χ3v) is 6.00. The molecule has 5 nitrogen and oxygen atoms in total. The van der Waals surface area contributed by atoms with Crippen molar-refractivity contribution in [3.8, 4) is 5.75 Å². The van der Waals surface area contributed by atoms with Crippen molar-refractivity contribution >= 4 is 34.4 Å². The van der Waals surface area contributed by atoms with Crippen molar-refractivity contribution < 1.29 is 23.0 Å². The van der Waals surface area contributed by atoms with Gasteiger partial charge < -0.3 is 14.8 Å². The highest BCUT2D eigenvalue weighted by atomic mass is 35.5. The molecule has 9 heteroatoms. The zero-order valence-corrected chi connectivity index (χ0v) is 17.7. The third-order valence-electron chi connectivity index (χ3n) is 5.70. The highest BCUT2D eigenvalue weighted by Crippen LogP contribution is 2.55. The minimum Gasteiger partial charge on any atom is -0.495 e. The van der Waals surface area contributed by atoms with Crippen molar-refractivity contribution in [3.63, 3.8) is 0 Å². The normalized spacial score (nSPS) is 17.4. The number of methoxy groups -OCH3 is 1. The lowest BCUT2D eigenvalue weighted by molar-refractivity contribution is -0.238. The molecule has 1 aliphatic carbocycles. The number of aromatic nitrogens is 1. The second kappa shape index (κ2) is 8.26. The summed E-state index contributed by atoms with van der Waals surface area (Å²) in [4.78, 5) is 18.2. The van der Waals surface area contributed by atoms with E-state index in [1.54, 1.807) is 12.1 Å². The van der Waals surface area contributed by atoms with Crippen LogP contribution in [-0.2, 0) is 0 Å². The number of fused-ring (bicyclic) bond motifs is 1. The van der Waals surface area contributed by atoms with Gasteiger partial charge in [0.2, 0.25) is 11.2 Å². The van der Waals surface area contributed by atoms with Crippen LogP contribution in [0, 0.1) is 5.92 Å². The van der Waals surface area contributed by atoms with Crippen molar-refractivity contribution in [3.05, 3.63) is 69.5 Å². The molecule has 0 saturated heterocycles. The molecule has 4 rings (SSSR count). The van der Waals surface area contributed by atoms with Gasteiger partial charge in [0.05, 0.1) is 23.3 Å². The first-order valence-electron chi connectivity index (χ1n) is 9.94. The minimum absolute atomic E-state index is 0.102. The third kappa shape index (κ3) is 4.00. The highest BCUT2D eigenvalue weighted by Gasteiger charge is 2.62. The van der Waals surface area contributed by atoms with Crippen LogP contribution >= 0.6 is 11.6 Å². The molecule has 2 atom stereocenters. The molecule has 2 unspecified atom stereocenters. The fraction of sp³-hybridized carbons (Fsp3) is 0.304. The van der Waals surface area contributed by atoms with E-state index in [-0.39, 0.29) is 27.6 Å². The topological polar surface area (TPSA) is 74.7 Å². The van der Waals surface area contributed by atoms with E-state index in [2.05, 4.69) is 9.98 Å². The van der Waals surface area contributed by atoms with Crippen LogP contribution in [0.4, 0.5) is 18.9 Å². The molecule has 1 aromatic heterocycles. The maximum atomic E-state index is 14.4. The van der Waals surface area contributed by atoms with Crippen LogP contribution in [0.5, 0.6) is 5.75 Å². The highest BCUT2D eigenvalue weighted by molar-refractivity contribution is 6.32. The Balaban J connectivity index is 1.86. The van der Waals surface area contributed by atoms with Crippen LogP contribution in [0.25, 0.3) is 10.9 Å². The number of aliphatic hydroxyl groups is 1. The zero-order chi connectivity index (χ0) is 23.1. The number of aliphatic imine (C=N–C) groups is 1. The molecule has 1 fully saturated rings. The summed E-state index contributed by atoms with van der Waals surface area (Å²) in [5, 5.41) is 11.7. The summed E-state index contributed by atoms with van der Waals surface area (Å²) in [5.74, 6) is -1.66. The largest absolute Gasteiger partial charge is 0.495 e. The van der Waals surface area contributed by atoms with Crippen molar-refractivity contribution in [2.24, 2.45) is 10.9 Å². The van der Waals surface area contributed by atoms with Gasteiger partial charge >= 0.3 is 6.18 Å². The molecule has 1 heterocycles. The fourth-order valence-electron chi connectivity index (χ4n) is 4.05. The molecule has 0 aliphatic heterocycles. The lowest BCUT2D eigenvalue weighted by Gasteiger charge is -2.36. The van der Waals surface area contributed by atoms with Crippen LogP contribution in [0.15, 0.2) is 58.3 Å². The summed E-state index contributed by atoms with van der Waals surface area (Å²) in [5.41, 5.74) is -2.81. The average molecular weight is 465 g/mol. The van der Waals surface area contributed by atoms with Crippen molar-refractivity contribution in [2.45, 2.75) is 30.5 Å². The first kappa shape index (κ1) is 22.4. The number of nitrogens with zero attached hydrogens (tertiary/aromatic N) is 1. The van der Waals surface area contributed by atoms with Crippen LogP contribution < -0.4 is 10.3 Å².